The minimum atomic E-state index is -0.605. The van der Waals surface area contributed by atoms with Gasteiger partial charge in [0.05, 0.1) is 30.8 Å². The lowest BCUT2D eigenvalue weighted by Gasteiger charge is -2.17. The molecule has 3 aromatic heterocycles. The smallest absolute Gasteiger partial charge is 0.279 e. The van der Waals surface area contributed by atoms with E-state index in [-0.39, 0.29) is 33.5 Å². The topological polar surface area (TPSA) is 120 Å². The number of benzene rings is 1. The summed E-state index contributed by atoms with van der Waals surface area (Å²) < 4.78 is 20.4. The highest BCUT2D eigenvalue weighted by atomic mass is 16.5. The van der Waals surface area contributed by atoms with Crippen molar-refractivity contribution in [3.05, 3.63) is 69.1 Å². The first-order valence-electron chi connectivity index (χ1n) is 13.3. The molecule has 208 valence electrons. The molecule has 10 nitrogen and oxygen atoms in total. The van der Waals surface area contributed by atoms with Crippen molar-refractivity contribution in [2.75, 3.05) is 19.8 Å². The number of rotatable bonds is 9. The molecule has 4 rings (SSSR count). The Bertz CT molecular complexity index is 1730. The van der Waals surface area contributed by atoms with Crippen molar-refractivity contribution in [2.24, 2.45) is 10.9 Å². The summed E-state index contributed by atoms with van der Waals surface area (Å²) in [7, 11) is 0. The maximum Gasteiger partial charge on any atom is 0.279 e. The molecular formula is C30H33N5O5. The van der Waals surface area contributed by atoms with Crippen molar-refractivity contribution in [1.82, 2.24) is 14.0 Å². The van der Waals surface area contributed by atoms with Crippen molar-refractivity contribution in [1.29, 1.82) is 5.26 Å². The van der Waals surface area contributed by atoms with E-state index in [2.05, 4.69) is 11.1 Å². The van der Waals surface area contributed by atoms with Crippen LogP contribution in [0.5, 0.6) is 17.2 Å². The maximum atomic E-state index is 13.6. The average molecular weight is 544 g/mol. The van der Waals surface area contributed by atoms with E-state index in [0.29, 0.717) is 54.9 Å². The Morgan fingerprint density at radius 3 is 2.27 bits per heavy atom. The van der Waals surface area contributed by atoms with Gasteiger partial charge in [-0.2, -0.15) is 10.3 Å². The number of aryl methyl sites for hydroxylation is 1. The van der Waals surface area contributed by atoms with Crippen molar-refractivity contribution in [2.45, 2.75) is 48.1 Å². The third-order valence-electron chi connectivity index (χ3n) is 6.14. The largest absolute Gasteiger partial charge is 0.490 e. The first-order valence-corrected chi connectivity index (χ1v) is 13.3. The van der Waals surface area contributed by atoms with Crippen LogP contribution >= 0.6 is 0 Å². The van der Waals surface area contributed by atoms with Crippen molar-refractivity contribution >= 4 is 22.6 Å². The Kier molecular flexibility index (Phi) is 8.53. The van der Waals surface area contributed by atoms with Crippen LogP contribution in [-0.2, 0) is 6.54 Å². The molecule has 0 bridgehead atoms. The molecule has 0 radical (unpaired) electrons. The van der Waals surface area contributed by atoms with Crippen molar-refractivity contribution < 1.29 is 19.0 Å². The summed E-state index contributed by atoms with van der Waals surface area (Å²) in [5.41, 5.74) is 1.79. The van der Waals surface area contributed by atoms with Crippen LogP contribution in [0.3, 0.4) is 0 Å². The third-order valence-corrected chi connectivity index (χ3v) is 6.14. The Morgan fingerprint density at radius 1 is 1.05 bits per heavy atom. The van der Waals surface area contributed by atoms with Crippen LogP contribution in [0.4, 0.5) is 0 Å². The van der Waals surface area contributed by atoms with Gasteiger partial charge in [0.15, 0.2) is 17.0 Å². The highest BCUT2D eigenvalue weighted by molar-refractivity contribution is 5.96. The molecule has 10 heteroatoms. The molecule has 0 unspecified atom stereocenters. The molecule has 0 saturated heterocycles. The van der Waals surface area contributed by atoms with Crippen LogP contribution in [0.2, 0.25) is 0 Å². The number of nitrogens with zero attached hydrogens (tertiary/aromatic N) is 5. The van der Waals surface area contributed by atoms with Gasteiger partial charge in [-0.25, -0.2) is 4.98 Å². The van der Waals surface area contributed by atoms with Crippen LogP contribution in [-0.4, -0.2) is 39.7 Å². The molecule has 0 N–H and O–H groups in total. The summed E-state index contributed by atoms with van der Waals surface area (Å²) >= 11 is 0. The zero-order valence-electron chi connectivity index (χ0n) is 23.6. The Balaban J connectivity index is 2.04. The number of hydrogen-bond acceptors (Lipinski definition) is 7. The lowest BCUT2D eigenvalue weighted by Crippen LogP contribution is -2.31. The normalized spacial score (nSPS) is 11.7. The van der Waals surface area contributed by atoms with Crippen LogP contribution in [0.1, 0.15) is 56.1 Å². The zero-order valence-corrected chi connectivity index (χ0v) is 23.6. The summed E-state index contributed by atoms with van der Waals surface area (Å²) in [6, 6.07) is 10.3. The Morgan fingerprint density at radius 2 is 1.70 bits per heavy atom. The predicted molar refractivity (Wildman–Crippen MR) is 151 cm³/mol. The van der Waals surface area contributed by atoms with Crippen LogP contribution in [0.25, 0.3) is 16.7 Å². The number of aromatic nitrogens is 3. The van der Waals surface area contributed by atoms with E-state index < -0.39 is 5.91 Å². The second-order valence-corrected chi connectivity index (χ2v) is 9.55. The molecule has 1 amide bonds. The van der Waals surface area contributed by atoms with Gasteiger partial charge in [-0.15, -0.1) is 0 Å². The molecule has 0 saturated carbocycles. The fourth-order valence-electron chi connectivity index (χ4n) is 4.50. The second kappa shape index (κ2) is 12.0. The number of ether oxygens (including phenoxy) is 3. The number of amides is 1. The fourth-order valence-corrected chi connectivity index (χ4v) is 4.50. The van der Waals surface area contributed by atoms with E-state index in [1.54, 1.807) is 29.0 Å². The van der Waals surface area contributed by atoms with Gasteiger partial charge in [-0.05, 0) is 63.4 Å². The van der Waals surface area contributed by atoms with Crippen LogP contribution in [0, 0.1) is 24.2 Å². The molecule has 4 aromatic rings. The predicted octanol–water partition coefficient (Wildman–Crippen LogP) is 4.42. The summed E-state index contributed by atoms with van der Waals surface area (Å²) in [5.74, 6) is 0.627. The number of carbonyl (C=O) groups excluding carboxylic acids is 1. The Hall–Kier alpha value is -4.65. The molecule has 0 aliphatic carbocycles. The molecule has 0 aliphatic rings. The maximum absolute atomic E-state index is 13.6. The van der Waals surface area contributed by atoms with Crippen molar-refractivity contribution in [3.8, 4) is 23.3 Å². The van der Waals surface area contributed by atoms with Gasteiger partial charge < -0.3 is 18.8 Å². The van der Waals surface area contributed by atoms with E-state index in [1.807, 2.05) is 47.6 Å². The van der Waals surface area contributed by atoms with E-state index in [9.17, 15) is 14.9 Å². The molecule has 0 atom stereocenters. The quantitative estimate of drug-likeness (QED) is 0.287. The van der Waals surface area contributed by atoms with E-state index in [0.717, 1.165) is 5.56 Å². The first kappa shape index (κ1) is 28.4. The standard InChI is InChI=1S/C30H33N5O5/c1-7-38-23-14-20(15-24(39-8-2)25(23)40-9-3)29(36)33-27-21(16-31)13-22-28(35(27)17-18(4)5)32-26-19(6)11-10-12-34(26)30(22)37/h10-15,18H,7-9,17H2,1-6H3. The van der Waals surface area contributed by atoms with Gasteiger partial charge in [0.25, 0.3) is 11.5 Å². The summed E-state index contributed by atoms with van der Waals surface area (Å²) in [5, 5.41) is 10.3. The Labute approximate surface area is 232 Å². The summed E-state index contributed by atoms with van der Waals surface area (Å²) in [6.45, 7) is 12.9. The molecule has 1 aromatic carbocycles. The molecule has 40 heavy (non-hydrogen) atoms. The number of pyridine rings is 2. The average Bonchev–Trinajstić information content (AvgIpc) is 2.92. The minimum Gasteiger partial charge on any atom is -0.490 e. The molecular weight excluding hydrogens is 510 g/mol. The highest BCUT2D eigenvalue weighted by Gasteiger charge is 2.20. The molecule has 3 heterocycles. The van der Waals surface area contributed by atoms with Gasteiger partial charge in [0.2, 0.25) is 5.75 Å². The number of hydrogen-bond donors (Lipinski definition) is 0. The van der Waals surface area contributed by atoms with E-state index >= 15 is 0 Å². The van der Waals surface area contributed by atoms with Crippen molar-refractivity contribution in [3.63, 3.8) is 0 Å². The lowest BCUT2D eigenvalue weighted by molar-refractivity contribution is 0.0995. The molecule has 0 aliphatic heterocycles. The van der Waals surface area contributed by atoms with E-state index in [1.165, 1.54) is 10.5 Å². The highest BCUT2D eigenvalue weighted by Crippen LogP contribution is 2.39. The molecule has 0 fully saturated rings. The molecule has 0 spiro atoms. The monoisotopic (exact) mass is 543 g/mol. The van der Waals surface area contributed by atoms with Gasteiger partial charge in [-0.1, -0.05) is 19.9 Å². The van der Waals surface area contributed by atoms with Gasteiger partial charge in [-0.3, -0.25) is 14.0 Å². The van der Waals surface area contributed by atoms with Crippen LogP contribution in [0.15, 0.2) is 46.3 Å². The number of carbonyl (C=O) groups is 1. The van der Waals surface area contributed by atoms with Gasteiger partial charge in [0.1, 0.15) is 17.4 Å². The van der Waals surface area contributed by atoms with E-state index in [4.69, 9.17) is 19.2 Å². The minimum absolute atomic E-state index is 0.0917. The number of nitriles is 1. The van der Waals surface area contributed by atoms with Gasteiger partial charge in [0, 0.05) is 18.3 Å². The van der Waals surface area contributed by atoms with Gasteiger partial charge >= 0.3 is 0 Å². The lowest BCUT2D eigenvalue weighted by atomic mass is 10.1. The van der Waals surface area contributed by atoms with Crippen LogP contribution < -0.4 is 25.3 Å². The summed E-state index contributed by atoms with van der Waals surface area (Å²) in [6.07, 6.45) is 1.65. The zero-order chi connectivity index (χ0) is 29.0. The SMILES string of the molecule is CCOc1cc(C(=O)N=c2c(C#N)cc3c(=O)n4cccc(C)c4nc3n2CC(C)C)cc(OCC)c1OCC. The second-order valence-electron chi connectivity index (χ2n) is 9.55. The number of fused-ring (bicyclic) bond motifs is 2. The fraction of sp³-hybridized carbons (Fsp3) is 0.367. The summed E-state index contributed by atoms with van der Waals surface area (Å²) in [4.78, 5) is 36.3. The third kappa shape index (κ3) is 5.41. The first-order chi connectivity index (χ1) is 19.2.